The Hall–Kier alpha value is -3.97. The molecular weight excluding hydrogens is 540 g/mol. The first-order chi connectivity index (χ1) is 19.8. The normalized spacial score (nSPS) is 22.6. The molecule has 4 aliphatic rings. The fraction of sp³-hybridized carbons (Fsp3) is 0.333. The minimum atomic E-state index is -1.09. The number of benzene rings is 3. The number of esters is 1. The molecule has 1 saturated heterocycles. The van der Waals surface area contributed by atoms with Crippen molar-refractivity contribution in [2.24, 2.45) is 11.8 Å². The molecule has 1 N–H and O–H groups in total. The van der Waals surface area contributed by atoms with Crippen LogP contribution in [0.25, 0.3) is 0 Å². The number of rotatable bonds is 8. The first-order valence-corrected chi connectivity index (χ1v) is 14.5. The summed E-state index contributed by atoms with van der Waals surface area (Å²) in [5, 5.41) is 3.17. The van der Waals surface area contributed by atoms with E-state index in [1.807, 2.05) is 62.4 Å². The first-order valence-electron chi connectivity index (χ1n) is 14.1. The third kappa shape index (κ3) is 4.52. The Kier molecular flexibility index (Phi) is 7.16. The van der Waals surface area contributed by atoms with E-state index in [1.54, 1.807) is 18.2 Å². The van der Waals surface area contributed by atoms with E-state index in [0.717, 1.165) is 39.1 Å². The van der Waals surface area contributed by atoms with Gasteiger partial charge in [0.05, 0.1) is 11.8 Å². The summed E-state index contributed by atoms with van der Waals surface area (Å²) in [4.78, 5) is 55.5. The van der Waals surface area contributed by atoms with Crippen molar-refractivity contribution in [3.63, 3.8) is 0 Å². The quantitative estimate of drug-likeness (QED) is 0.282. The van der Waals surface area contributed by atoms with Gasteiger partial charge in [-0.3, -0.25) is 19.3 Å². The number of hydrogen-bond acceptors (Lipinski definition) is 5. The van der Waals surface area contributed by atoms with Crippen molar-refractivity contribution in [2.75, 3.05) is 11.9 Å². The highest BCUT2D eigenvalue weighted by molar-refractivity contribution is 6.31. The lowest BCUT2D eigenvalue weighted by atomic mass is 9.55. The van der Waals surface area contributed by atoms with Crippen molar-refractivity contribution < 1.29 is 23.9 Å². The zero-order valence-electron chi connectivity index (χ0n) is 22.9. The van der Waals surface area contributed by atoms with Gasteiger partial charge in [-0.2, -0.15) is 0 Å². The number of hydrogen-bond donors (Lipinski definition) is 1. The number of amides is 3. The van der Waals surface area contributed by atoms with Crippen molar-refractivity contribution >= 4 is 41.0 Å². The van der Waals surface area contributed by atoms with E-state index in [9.17, 15) is 19.2 Å². The zero-order valence-corrected chi connectivity index (χ0v) is 23.7. The number of nitrogens with one attached hydrogen (secondary N) is 1. The number of anilines is 1. The molecule has 0 unspecified atom stereocenters. The van der Waals surface area contributed by atoms with Gasteiger partial charge in [-0.15, -0.1) is 0 Å². The topological polar surface area (TPSA) is 92.8 Å². The number of carbonyl (C=O) groups excluding carboxylic acids is 4. The molecule has 1 aliphatic heterocycles. The summed E-state index contributed by atoms with van der Waals surface area (Å²) >= 11 is 6.05. The van der Waals surface area contributed by atoms with Crippen LogP contribution >= 0.6 is 11.6 Å². The molecule has 7 rings (SSSR count). The fourth-order valence-corrected chi connectivity index (χ4v) is 7.08. The Bertz CT molecular complexity index is 1450. The maximum atomic E-state index is 14.1. The SMILES string of the molecule is CCCC[C@H](C(=O)OCC(=O)Nc1cc(Cl)ccc1C)N1C(=O)[C@@H]2C3c4ccccc4C(c4ccccc43)[C@@H]2C1=O. The van der Waals surface area contributed by atoms with E-state index >= 15 is 0 Å². The van der Waals surface area contributed by atoms with Crippen molar-refractivity contribution in [2.45, 2.75) is 51.0 Å². The van der Waals surface area contributed by atoms with Crippen LogP contribution in [0.1, 0.15) is 65.8 Å². The summed E-state index contributed by atoms with van der Waals surface area (Å²) in [6, 6.07) is 20.1. The summed E-state index contributed by atoms with van der Waals surface area (Å²) in [5.74, 6) is -3.63. The van der Waals surface area contributed by atoms with E-state index in [4.69, 9.17) is 16.3 Å². The standard InChI is InChI=1S/C33H31ClN2O5/c1-3-4-13-25(33(40)41-17-26(37)35-24-16-19(34)15-14-18(24)2)36-31(38)29-27-20-9-5-6-10-21(20)28(30(29)32(36)39)23-12-8-7-11-22(23)27/h5-12,14-16,25,27-30H,3-4,13,17H2,1-2H3,(H,35,37)/t25-,27?,28?,29-,30+/m1/s1. The average molecular weight is 571 g/mol. The number of aryl methyl sites for hydroxylation is 1. The lowest BCUT2D eigenvalue weighted by molar-refractivity contribution is -0.160. The second-order valence-electron chi connectivity index (χ2n) is 11.1. The van der Waals surface area contributed by atoms with Crippen molar-refractivity contribution in [3.8, 4) is 0 Å². The molecule has 1 heterocycles. The van der Waals surface area contributed by atoms with Gasteiger partial charge < -0.3 is 10.1 Å². The highest BCUT2D eigenvalue weighted by Crippen LogP contribution is 2.61. The van der Waals surface area contributed by atoms with E-state index in [1.165, 1.54) is 0 Å². The zero-order chi connectivity index (χ0) is 28.8. The van der Waals surface area contributed by atoms with Gasteiger partial charge in [0.2, 0.25) is 11.8 Å². The Balaban J connectivity index is 1.26. The number of unbranched alkanes of at least 4 members (excludes halogenated alkanes) is 1. The van der Waals surface area contributed by atoms with Crippen LogP contribution < -0.4 is 5.32 Å². The molecule has 0 spiro atoms. The van der Waals surface area contributed by atoms with Crippen LogP contribution in [-0.2, 0) is 23.9 Å². The van der Waals surface area contributed by atoms with Crippen molar-refractivity contribution in [3.05, 3.63) is 99.6 Å². The molecule has 3 aliphatic carbocycles. The van der Waals surface area contributed by atoms with Gasteiger partial charge in [-0.25, -0.2) is 4.79 Å². The summed E-state index contributed by atoms with van der Waals surface area (Å²) in [6.45, 7) is 3.26. The van der Waals surface area contributed by atoms with Crippen LogP contribution in [-0.4, -0.2) is 41.2 Å². The van der Waals surface area contributed by atoms with E-state index in [2.05, 4.69) is 5.32 Å². The largest absolute Gasteiger partial charge is 0.454 e. The molecule has 3 amide bonds. The van der Waals surface area contributed by atoms with E-state index < -0.39 is 36.4 Å². The van der Waals surface area contributed by atoms with Crippen LogP contribution in [0.4, 0.5) is 5.69 Å². The molecule has 3 aromatic carbocycles. The van der Waals surface area contributed by atoms with Gasteiger partial charge in [-0.05, 0) is 53.3 Å². The summed E-state index contributed by atoms with van der Waals surface area (Å²) in [7, 11) is 0. The molecule has 0 aromatic heterocycles. The summed E-state index contributed by atoms with van der Waals surface area (Å²) in [5.41, 5.74) is 5.61. The van der Waals surface area contributed by atoms with E-state index in [-0.39, 0.29) is 30.1 Å². The average Bonchev–Trinajstić information content (AvgIpc) is 3.24. The number of ether oxygens (including phenoxy) is 1. The van der Waals surface area contributed by atoms with Gasteiger partial charge in [-0.1, -0.05) is 86.0 Å². The molecule has 41 heavy (non-hydrogen) atoms. The van der Waals surface area contributed by atoms with Crippen LogP contribution in [0.15, 0.2) is 66.7 Å². The minimum absolute atomic E-state index is 0.256. The lowest BCUT2D eigenvalue weighted by Crippen LogP contribution is -2.47. The number of nitrogens with zero attached hydrogens (tertiary/aromatic N) is 1. The summed E-state index contributed by atoms with van der Waals surface area (Å²) in [6.07, 6.45) is 1.66. The van der Waals surface area contributed by atoms with Gasteiger partial charge in [0.15, 0.2) is 6.61 Å². The number of carbonyl (C=O) groups is 4. The van der Waals surface area contributed by atoms with Crippen molar-refractivity contribution in [1.82, 2.24) is 4.90 Å². The van der Waals surface area contributed by atoms with Gasteiger partial charge in [0.25, 0.3) is 5.91 Å². The number of likely N-dealkylation sites (tertiary alicyclic amines) is 1. The molecular formula is C33H31ClN2O5. The Morgan fingerprint density at radius 3 is 1.95 bits per heavy atom. The second-order valence-corrected chi connectivity index (χ2v) is 11.5. The first kappa shape index (κ1) is 27.2. The van der Waals surface area contributed by atoms with E-state index in [0.29, 0.717) is 17.1 Å². The minimum Gasteiger partial charge on any atom is -0.454 e. The predicted octanol–water partition coefficient (Wildman–Crippen LogP) is 5.58. The fourth-order valence-electron chi connectivity index (χ4n) is 6.91. The smallest absolute Gasteiger partial charge is 0.329 e. The third-order valence-electron chi connectivity index (χ3n) is 8.72. The molecule has 2 bridgehead atoms. The Labute approximate surface area is 243 Å². The molecule has 210 valence electrons. The van der Waals surface area contributed by atoms with Gasteiger partial charge in [0, 0.05) is 22.5 Å². The lowest BCUT2D eigenvalue weighted by Gasteiger charge is -2.45. The Morgan fingerprint density at radius 2 is 1.44 bits per heavy atom. The van der Waals surface area contributed by atoms with Crippen LogP contribution in [0, 0.1) is 18.8 Å². The highest BCUT2D eigenvalue weighted by Gasteiger charge is 2.63. The second kappa shape index (κ2) is 10.8. The highest BCUT2D eigenvalue weighted by atomic mass is 35.5. The molecule has 0 radical (unpaired) electrons. The van der Waals surface area contributed by atoms with Crippen LogP contribution in [0.3, 0.4) is 0 Å². The van der Waals surface area contributed by atoms with Gasteiger partial charge >= 0.3 is 5.97 Å². The molecule has 1 fully saturated rings. The molecule has 3 aromatic rings. The third-order valence-corrected chi connectivity index (χ3v) is 8.95. The van der Waals surface area contributed by atoms with Crippen molar-refractivity contribution in [1.29, 1.82) is 0 Å². The maximum absolute atomic E-state index is 14.1. The van der Waals surface area contributed by atoms with Crippen LogP contribution in [0.2, 0.25) is 5.02 Å². The molecule has 0 saturated carbocycles. The van der Waals surface area contributed by atoms with Gasteiger partial charge in [0.1, 0.15) is 6.04 Å². The maximum Gasteiger partial charge on any atom is 0.329 e. The molecule has 3 atom stereocenters. The number of imide groups is 1. The van der Waals surface area contributed by atoms with Crippen LogP contribution in [0.5, 0.6) is 0 Å². The number of halogens is 1. The monoisotopic (exact) mass is 570 g/mol. The Morgan fingerprint density at radius 1 is 0.902 bits per heavy atom. The molecule has 7 nitrogen and oxygen atoms in total. The molecule has 8 heteroatoms. The summed E-state index contributed by atoms with van der Waals surface area (Å²) < 4.78 is 5.43. The predicted molar refractivity (Wildman–Crippen MR) is 154 cm³/mol.